The number of imide groups is 1. The molecule has 0 radical (unpaired) electrons. The number of rotatable bonds is 5. The molecule has 3 aromatic rings. The van der Waals surface area contributed by atoms with Gasteiger partial charge in [0.05, 0.1) is 12.8 Å². The van der Waals surface area contributed by atoms with E-state index in [-0.39, 0.29) is 12.3 Å². The number of ether oxygens (including phenoxy) is 1. The first-order valence-electron chi connectivity index (χ1n) is 7.90. The Morgan fingerprint density at radius 3 is 2.78 bits per heavy atom. The molecule has 2 heterocycles. The van der Waals surface area contributed by atoms with E-state index in [0.29, 0.717) is 27.3 Å². The lowest BCUT2D eigenvalue weighted by atomic mass is 10.1. The number of fused-ring (bicyclic) bond motifs is 1. The molecular weight excluding hydrogens is 376 g/mol. The highest BCUT2D eigenvalue weighted by Gasteiger charge is 2.20. The Kier molecular flexibility index (Phi) is 5.46. The number of esters is 1. The molecule has 27 heavy (non-hydrogen) atoms. The third-order valence-electron chi connectivity index (χ3n) is 3.67. The summed E-state index contributed by atoms with van der Waals surface area (Å²) in [6, 6.07) is 7.55. The number of amides is 3. The number of urea groups is 1. The minimum absolute atomic E-state index is 0.0256. The Morgan fingerprint density at radius 1 is 1.22 bits per heavy atom. The van der Waals surface area contributed by atoms with Gasteiger partial charge in [0.15, 0.2) is 6.61 Å². The van der Waals surface area contributed by atoms with Crippen molar-refractivity contribution in [2.45, 2.75) is 13.5 Å². The van der Waals surface area contributed by atoms with E-state index in [1.54, 1.807) is 37.3 Å². The van der Waals surface area contributed by atoms with Crippen LogP contribution in [0.15, 0.2) is 45.4 Å². The fourth-order valence-corrected chi connectivity index (χ4v) is 2.54. The Morgan fingerprint density at radius 2 is 2.04 bits per heavy atom. The van der Waals surface area contributed by atoms with Gasteiger partial charge in [0.25, 0.3) is 5.91 Å². The van der Waals surface area contributed by atoms with Crippen molar-refractivity contribution in [2.24, 2.45) is 0 Å². The first-order valence-corrected chi connectivity index (χ1v) is 8.27. The number of hydrogen-bond acceptors (Lipinski definition) is 6. The van der Waals surface area contributed by atoms with Gasteiger partial charge in [-0.15, -0.1) is 0 Å². The second-order valence-electron chi connectivity index (χ2n) is 5.58. The maximum Gasteiger partial charge on any atom is 0.375 e. The predicted octanol–water partition coefficient (Wildman–Crippen LogP) is 3.17. The minimum Gasteiger partial charge on any atom is -0.467 e. The lowest BCUT2D eigenvalue weighted by Crippen LogP contribution is -2.41. The van der Waals surface area contributed by atoms with Gasteiger partial charge in [-0.05, 0) is 37.3 Å². The van der Waals surface area contributed by atoms with Crippen LogP contribution >= 0.6 is 11.6 Å². The van der Waals surface area contributed by atoms with Crippen LogP contribution in [-0.2, 0) is 16.1 Å². The van der Waals surface area contributed by atoms with E-state index in [0.717, 1.165) is 0 Å². The van der Waals surface area contributed by atoms with Gasteiger partial charge in [-0.1, -0.05) is 11.6 Å². The summed E-state index contributed by atoms with van der Waals surface area (Å²) in [6.07, 6.45) is 1.47. The fourth-order valence-electron chi connectivity index (χ4n) is 2.37. The normalized spacial score (nSPS) is 10.6. The highest BCUT2D eigenvalue weighted by atomic mass is 35.5. The van der Waals surface area contributed by atoms with Crippen molar-refractivity contribution in [3.63, 3.8) is 0 Å². The molecule has 2 N–H and O–H groups in total. The lowest BCUT2D eigenvalue weighted by Gasteiger charge is -2.06. The van der Waals surface area contributed by atoms with E-state index >= 15 is 0 Å². The number of halogens is 1. The van der Waals surface area contributed by atoms with Crippen molar-refractivity contribution in [2.75, 3.05) is 6.61 Å². The Hall–Kier alpha value is -3.26. The third kappa shape index (κ3) is 4.48. The van der Waals surface area contributed by atoms with Crippen LogP contribution in [0.2, 0.25) is 5.02 Å². The zero-order valence-electron chi connectivity index (χ0n) is 14.2. The summed E-state index contributed by atoms with van der Waals surface area (Å²) in [7, 11) is 0. The first kappa shape index (κ1) is 18.5. The topological polar surface area (TPSA) is 111 Å². The van der Waals surface area contributed by atoms with Crippen molar-refractivity contribution in [3.8, 4) is 0 Å². The Labute approximate surface area is 158 Å². The van der Waals surface area contributed by atoms with Gasteiger partial charge < -0.3 is 18.9 Å². The number of hydrogen-bond donors (Lipinski definition) is 2. The lowest BCUT2D eigenvalue weighted by molar-refractivity contribution is -0.123. The number of benzene rings is 1. The van der Waals surface area contributed by atoms with Crippen LogP contribution in [0.3, 0.4) is 0 Å². The SMILES string of the molecule is Cc1c(C(=O)OCC(=O)NC(=O)NCc2ccco2)oc2ccc(Cl)cc12. The molecule has 0 fully saturated rings. The number of carbonyl (C=O) groups is 3. The standard InChI is InChI=1S/C18H15ClN2O6/c1-10-13-7-11(19)4-5-14(13)27-16(10)17(23)26-9-15(22)21-18(24)20-8-12-3-2-6-25-12/h2-7H,8-9H2,1H3,(H2,20,21,22,24). The van der Waals surface area contributed by atoms with Gasteiger partial charge in [0.1, 0.15) is 11.3 Å². The molecule has 0 aliphatic heterocycles. The molecule has 0 atom stereocenters. The molecule has 1 aromatic carbocycles. The number of aryl methyl sites for hydroxylation is 1. The molecule has 3 amide bonds. The minimum atomic E-state index is -0.814. The number of furan rings is 2. The van der Waals surface area contributed by atoms with E-state index in [4.69, 9.17) is 25.2 Å². The van der Waals surface area contributed by atoms with E-state index < -0.39 is 24.5 Å². The largest absolute Gasteiger partial charge is 0.467 e. The second kappa shape index (κ2) is 7.96. The van der Waals surface area contributed by atoms with Gasteiger partial charge in [0, 0.05) is 16.0 Å². The summed E-state index contributed by atoms with van der Waals surface area (Å²) in [5, 5.41) is 5.66. The molecule has 0 spiro atoms. The molecule has 0 unspecified atom stereocenters. The molecule has 8 nitrogen and oxygen atoms in total. The summed E-state index contributed by atoms with van der Waals surface area (Å²) >= 11 is 5.93. The van der Waals surface area contributed by atoms with E-state index in [1.807, 2.05) is 5.32 Å². The van der Waals surface area contributed by atoms with Crippen LogP contribution in [0.1, 0.15) is 21.9 Å². The van der Waals surface area contributed by atoms with Gasteiger partial charge in [-0.25, -0.2) is 9.59 Å². The zero-order valence-corrected chi connectivity index (χ0v) is 15.0. The molecule has 0 bridgehead atoms. The summed E-state index contributed by atoms with van der Waals surface area (Å²) in [5.74, 6) is -1.09. The van der Waals surface area contributed by atoms with Crippen LogP contribution in [0.25, 0.3) is 11.0 Å². The van der Waals surface area contributed by atoms with Crippen molar-refractivity contribution in [1.29, 1.82) is 0 Å². The van der Waals surface area contributed by atoms with Crippen molar-refractivity contribution in [1.82, 2.24) is 10.6 Å². The van der Waals surface area contributed by atoms with Crippen LogP contribution < -0.4 is 10.6 Å². The molecular formula is C18H15ClN2O6. The predicted molar refractivity (Wildman–Crippen MR) is 95.3 cm³/mol. The maximum atomic E-state index is 12.1. The van der Waals surface area contributed by atoms with Gasteiger partial charge >= 0.3 is 12.0 Å². The smallest absolute Gasteiger partial charge is 0.375 e. The van der Waals surface area contributed by atoms with E-state index in [9.17, 15) is 14.4 Å². The van der Waals surface area contributed by atoms with Crippen molar-refractivity contribution < 1.29 is 28.0 Å². The van der Waals surface area contributed by atoms with Crippen LogP contribution in [0.4, 0.5) is 4.79 Å². The molecule has 140 valence electrons. The van der Waals surface area contributed by atoms with Crippen molar-refractivity contribution >= 4 is 40.5 Å². The summed E-state index contributed by atoms with van der Waals surface area (Å²) in [4.78, 5) is 35.5. The molecule has 0 aliphatic carbocycles. The summed E-state index contributed by atoms with van der Waals surface area (Å²) < 4.78 is 15.4. The molecule has 3 rings (SSSR count). The quantitative estimate of drug-likeness (QED) is 0.647. The molecule has 0 saturated carbocycles. The Bertz CT molecular complexity index is 993. The zero-order chi connectivity index (χ0) is 19.4. The molecule has 9 heteroatoms. The van der Waals surface area contributed by atoms with E-state index in [2.05, 4.69) is 5.32 Å². The Balaban J connectivity index is 1.52. The number of nitrogens with one attached hydrogen (secondary N) is 2. The van der Waals surface area contributed by atoms with Crippen LogP contribution in [0, 0.1) is 6.92 Å². The van der Waals surface area contributed by atoms with Crippen molar-refractivity contribution in [3.05, 3.63) is 58.7 Å². The van der Waals surface area contributed by atoms with E-state index in [1.165, 1.54) is 6.26 Å². The van der Waals surface area contributed by atoms with Gasteiger partial charge in [-0.2, -0.15) is 0 Å². The first-order chi connectivity index (χ1) is 12.9. The van der Waals surface area contributed by atoms with Gasteiger partial charge in [0.2, 0.25) is 5.76 Å². The number of carbonyl (C=O) groups excluding carboxylic acids is 3. The van der Waals surface area contributed by atoms with Crippen LogP contribution in [-0.4, -0.2) is 24.5 Å². The highest BCUT2D eigenvalue weighted by Crippen LogP contribution is 2.28. The molecule has 0 aliphatic rings. The third-order valence-corrected chi connectivity index (χ3v) is 3.91. The molecule has 2 aromatic heterocycles. The average Bonchev–Trinajstić information content (AvgIpc) is 3.26. The average molecular weight is 391 g/mol. The van der Waals surface area contributed by atoms with Gasteiger partial charge in [-0.3, -0.25) is 10.1 Å². The summed E-state index contributed by atoms with van der Waals surface area (Å²) in [5.41, 5.74) is 1.03. The maximum absolute atomic E-state index is 12.1. The summed E-state index contributed by atoms with van der Waals surface area (Å²) in [6.45, 7) is 1.16. The van der Waals surface area contributed by atoms with Crippen LogP contribution in [0.5, 0.6) is 0 Å². The highest BCUT2D eigenvalue weighted by molar-refractivity contribution is 6.31. The fraction of sp³-hybridized carbons (Fsp3) is 0.167. The second-order valence-corrected chi connectivity index (χ2v) is 6.02. The molecule has 0 saturated heterocycles. The monoisotopic (exact) mass is 390 g/mol.